The smallest absolute Gasteiger partial charge is 0 e. The minimum atomic E-state index is -0.201. The van der Waals surface area contributed by atoms with Gasteiger partial charge in [-0.25, -0.2) is 12.1 Å². The van der Waals surface area contributed by atoms with Crippen LogP contribution in [0.1, 0.15) is 54.9 Å². The van der Waals surface area contributed by atoms with Crippen molar-refractivity contribution < 1.29 is 17.1 Å². The minimum absolute atomic E-state index is 0. The summed E-state index contributed by atoms with van der Waals surface area (Å²) in [6.07, 6.45) is 1.27. The van der Waals surface area contributed by atoms with E-state index in [9.17, 15) is 0 Å². The summed E-state index contributed by atoms with van der Waals surface area (Å²) in [6.45, 7) is 18.3. The summed E-state index contributed by atoms with van der Waals surface area (Å²) >= 11 is 0. The van der Waals surface area contributed by atoms with Crippen molar-refractivity contribution in [2.45, 2.75) is 60.0 Å². The second kappa shape index (κ2) is 14.4. The predicted octanol–water partition coefficient (Wildman–Crippen LogP) is 7.42. The van der Waals surface area contributed by atoms with Crippen LogP contribution in [-0.2, 0) is 17.1 Å². The Balaban J connectivity index is 0.000000578. The first-order valence-corrected chi connectivity index (χ1v) is 13.3. The maximum absolute atomic E-state index is 2.37. The molecule has 30 heavy (non-hydrogen) atoms. The first-order chi connectivity index (χ1) is 13.5. The zero-order chi connectivity index (χ0) is 21.9. The Kier molecular flexibility index (Phi) is 14.0. The molecule has 0 fully saturated rings. The number of rotatable bonds is 3. The zero-order valence-electron chi connectivity index (χ0n) is 20.0. The number of benzene rings is 1. The molecule has 0 saturated carbocycles. The van der Waals surface area contributed by atoms with Gasteiger partial charge < -0.3 is 30.3 Å². The molecule has 172 valence electrons. The summed E-state index contributed by atoms with van der Waals surface area (Å²) in [5.74, 6) is 0. The van der Waals surface area contributed by atoms with Crippen molar-refractivity contribution in [3.8, 4) is 0 Å². The van der Waals surface area contributed by atoms with Gasteiger partial charge in [0.15, 0.2) is 0 Å². The van der Waals surface area contributed by atoms with Crippen LogP contribution < -0.4 is 15.9 Å². The molecule has 0 spiro atoms. The topological polar surface area (TPSA) is 0 Å². The van der Waals surface area contributed by atoms with Crippen molar-refractivity contribution >= 4 is 32.4 Å². The quantitative estimate of drug-likeness (QED) is 0.207. The van der Waals surface area contributed by atoms with Gasteiger partial charge in [0.05, 0.1) is 0 Å². The molecule has 3 aromatic rings. The van der Waals surface area contributed by atoms with Gasteiger partial charge in [-0.05, 0) is 22.5 Å². The van der Waals surface area contributed by atoms with Crippen LogP contribution >= 0.6 is 16.5 Å². The molecule has 0 aliphatic rings. The Morgan fingerprint density at radius 1 is 0.833 bits per heavy atom. The molecule has 2 atom stereocenters. The van der Waals surface area contributed by atoms with Crippen LogP contribution in [0.4, 0.5) is 0 Å². The first-order valence-electron chi connectivity index (χ1n) is 10.5. The molecule has 0 radical (unpaired) electrons. The Morgan fingerprint density at radius 2 is 1.30 bits per heavy atom. The molecule has 0 saturated heterocycles. The molecular weight excluding hydrogens is 442 g/mol. The second-order valence-corrected chi connectivity index (χ2v) is 13.9. The Hall–Kier alpha value is -0.701. The van der Waals surface area contributed by atoms with Gasteiger partial charge in [-0.15, -0.1) is 27.1 Å². The van der Waals surface area contributed by atoms with Crippen LogP contribution in [0, 0.1) is 5.41 Å². The summed E-state index contributed by atoms with van der Waals surface area (Å²) in [4.78, 5) is 0. The van der Waals surface area contributed by atoms with E-state index in [0.717, 1.165) is 8.58 Å². The molecule has 0 amide bonds. The first kappa shape index (κ1) is 29.3. The predicted molar refractivity (Wildman–Crippen MR) is 140 cm³/mol. The van der Waals surface area contributed by atoms with Gasteiger partial charge in [-0.1, -0.05) is 85.2 Å². The van der Waals surface area contributed by atoms with Crippen molar-refractivity contribution in [2.75, 3.05) is 6.66 Å². The van der Waals surface area contributed by atoms with E-state index >= 15 is 0 Å². The maximum atomic E-state index is 2.37. The SMILES string of the molecule is CCC(C)(C)C.CP(c1ccccc1)[c-]1cccc1PC(C)(C)C.[Fe].[cH-]1[cH-][cH-][cH-][cH-]1. The number of hydrogen-bond donors (Lipinski definition) is 0. The third kappa shape index (κ3) is 12.9. The fourth-order valence-corrected chi connectivity index (χ4v) is 5.84. The molecular formula is C27H40FeP2-6. The molecule has 0 aromatic heterocycles. The van der Waals surface area contributed by atoms with Crippen molar-refractivity contribution in [1.29, 1.82) is 0 Å². The summed E-state index contributed by atoms with van der Waals surface area (Å²) in [5, 5.41) is 4.97. The molecule has 0 nitrogen and oxygen atoms in total. The molecule has 0 aliphatic heterocycles. The van der Waals surface area contributed by atoms with E-state index in [1.54, 1.807) is 10.6 Å². The van der Waals surface area contributed by atoms with Crippen molar-refractivity contribution in [3.63, 3.8) is 0 Å². The molecule has 3 heteroatoms. The van der Waals surface area contributed by atoms with E-state index in [0.29, 0.717) is 10.6 Å². The van der Waals surface area contributed by atoms with E-state index in [2.05, 4.69) is 104 Å². The van der Waals surface area contributed by atoms with Crippen LogP contribution in [0.3, 0.4) is 0 Å². The summed E-state index contributed by atoms with van der Waals surface area (Å²) < 4.78 is 0. The van der Waals surface area contributed by atoms with Gasteiger partial charge in [0.2, 0.25) is 0 Å². The third-order valence-electron chi connectivity index (χ3n) is 4.42. The van der Waals surface area contributed by atoms with Gasteiger partial charge in [0, 0.05) is 17.1 Å². The maximum Gasteiger partial charge on any atom is 0 e. The Morgan fingerprint density at radius 3 is 1.70 bits per heavy atom. The van der Waals surface area contributed by atoms with E-state index in [4.69, 9.17) is 0 Å². The second-order valence-electron chi connectivity index (χ2n) is 9.47. The van der Waals surface area contributed by atoms with Gasteiger partial charge in [0.1, 0.15) is 0 Å². The van der Waals surface area contributed by atoms with Crippen LogP contribution in [0.25, 0.3) is 0 Å². The molecule has 3 aromatic carbocycles. The van der Waals surface area contributed by atoms with Crippen LogP contribution in [0.2, 0.25) is 0 Å². The molecule has 2 unspecified atom stereocenters. The Labute approximate surface area is 200 Å². The molecule has 3 rings (SSSR count). The largest absolute Gasteiger partial charge is 0.748 e. The summed E-state index contributed by atoms with van der Waals surface area (Å²) in [5.41, 5.74) is 0.542. The number of hydrogen-bond acceptors (Lipinski definition) is 0. The monoisotopic (exact) mass is 482 g/mol. The molecule has 0 bridgehead atoms. The van der Waals surface area contributed by atoms with Gasteiger partial charge in [-0.2, -0.15) is 6.07 Å². The van der Waals surface area contributed by atoms with Crippen molar-refractivity contribution in [3.05, 3.63) is 78.9 Å². The standard InChI is InChI=1S/C16H21P2.C6H14.C5H5.Fe/c1-16(2,3)17-14-11-8-12-15(14)18(4)13-9-6-5-7-10-13;1-5-6(2,3)4;1-2-4-5-3-1;/h5-12,17H,1-4H3;5H2,1-4H3;1-5H;/q-1;;-5;. The fourth-order valence-electron chi connectivity index (χ4n) is 2.32. The van der Waals surface area contributed by atoms with Crippen LogP contribution in [0.15, 0.2) is 78.9 Å². The molecule has 0 heterocycles. The van der Waals surface area contributed by atoms with E-state index in [1.165, 1.54) is 11.7 Å². The van der Waals surface area contributed by atoms with Crippen LogP contribution in [-0.4, -0.2) is 11.8 Å². The summed E-state index contributed by atoms with van der Waals surface area (Å²) in [7, 11) is 0.690. The van der Waals surface area contributed by atoms with Crippen molar-refractivity contribution in [1.82, 2.24) is 0 Å². The molecule has 0 aliphatic carbocycles. The summed E-state index contributed by atoms with van der Waals surface area (Å²) in [6, 6.07) is 27.7. The van der Waals surface area contributed by atoms with E-state index in [1.807, 2.05) is 30.3 Å². The average molecular weight is 482 g/mol. The third-order valence-corrected chi connectivity index (χ3v) is 8.27. The van der Waals surface area contributed by atoms with Gasteiger partial charge >= 0.3 is 0 Å². The minimum Gasteiger partial charge on any atom is -0.748 e. The normalized spacial score (nSPS) is 12.3. The van der Waals surface area contributed by atoms with E-state index < -0.39 is 0 Å². The van der Waals surface area contributed by atoms with Gasteiger partial charge in [-0.3, -0.25) is 0 Å². The average Bonchev–Trinajstić information content (AvgIpc) is 3.35. The van der Waals surface area contributed by atoms with Crippen molar-refractivity contribution in [2.24, 2.45) is 5.41 Å². The zero-order valence-corrected chi connectivity index (χ0v) is 23.0. The van der Waals surface area contributed by atoms with Crippen LogP contribution in [0.5, 0.6) is 0 Å². The Bertz CT molecular complexity index is 742. The molecule has 0 N–H and O–H groups in total. The van der Waals surface area contributed by atoms with E-state index in [-0.39, 0.29) is 25.0 Å². The van der Waals surface area contributed by atoms with Gasteiger partial charge in [0.25, 0.3) is 0 Å². The fraction of sp³-hybridized carbons (Fsp3) is 0.407.